The Balaban J connectivity index is 1.76. The van der Waals surface area contributed by atoms with Crippen LogP contribution >= 0.6 is 0 Å². The Morgan fingerprint density at radius 3 is 2.50 bits per heavy atom. The predicted octanol–water partition coefficient (Wildman–Crippen LogP) is 4.71. The molecule has 3 aromatic rings. The molecule has 0 atom stereocenters. The standard InChI is InChI=1S/C24H23N3O/c1-17-19-11-5-6-12-21(19)26-23(18-9-3-2-4-10-18)20(17)15-22(28)27-24(16-25)13-7-8-14-24/h2-6,9-12H,7-8,13-15H2,1H3,(H,27,28). The maximum atomic E-state index is 12.9. The number of fused-ring (bicyclic) bond motifs is 1. The quantitative estimate of drug-likeness (QED) is 0.724. The van der Waals surface area contributed by atoms with Crippen LogP contribution in [0.2, 0.25) is 0 Å². The summed E-state index contributed by atoms with van der Waals surface area (Å²) in [5.41, 5.74) is 4.04. The van der Waals surface area contributed by atoms with Crippen LogP contribution in [0.5, 0.6) is 0 Å². The second kappa shape index (κ2) is 7.44. The van der Waals surface area contributed by atoms with Crippen molar-refractivity contribution in [2.24, 2.45) is 0 Å². The first-order valence-electron chi connectivity index (χ1n) is 9.78. The Morgan fingerprint density at radius 1 is 1.11 bits per heavy atom. The number of aromatic nitrogens is 1. The number of nitrogens with zero attached hydrogens (tertiary/aromatic N) is 2. The van der Waals surface area contributed by atoms with E-state index in [1.54, 1.807) is 0 Å². The van der Waals surface area contributed by atoms with Crippen LogP contribution in [0.4, 0.5) is 0 Å². The number of carbonyl (C=O) groups excluding carboxylic acids is 1. The number of benzene rings is 2. The van der Waals surface area contributed by atoms with E-state index >= 15 is 0 Å². The number of nitriles is 1. The Kier molecular flexibility index (Phi) is 4.83. The first kappa shape index (κ1) is 18.2. The highest BCUT2D eigenvalue weighted by molar-refractivity contribution is 5.90. The van der Waals surface area contributed by atoms with E-state index in [0.29, 0.717) is 0 Å². The van der Waals surface area contributed by atoms with Gasteiger partial charge < -0.3 is 5.32 Å². The highest BCUT2D eigenvalue weighted by Gasteiger charge is 2.35. The third kappa shape index (κ3) is 3.36. The van der Waals surface area contributed by atoms with Crippen molar-refractivity contribution in [2.45, 2.75) is 44.6 Å². The number of para-hydroxylation sites is 1. The highest BCUT2D eigenvalue weighted by atomic mass is 16.1. The molecule has 1 fully saturated rings. The molecule has 28 heavy (non-hydrogen) atoms. The number of rotatable bonds is 4. The average Bonchev–Trinajstić information content (AvgIpc) is 3.19. The molecule has 1 aliphatic rings. The molecule has 1 aromatic heterocycles. The van der Waals surface area contributed by atoms with Gasteiger partial charge in [-0.25, -0.2) is 4.98 Å². The number of amides is 1. The summed E-state index contributed by atoms with van der Waals surface area (Å²) in [6.45, 7) is 2.05. The summed E-state index contributed by atoms with van der Waals surface area (Å²) in [6, 6.07) is 20.3. The molecule has 0 spiro atoms. The van der Waals surface area contributed by atoms with Crippen LogP contribution in [0.15, 0.2) is 54.6 Å². The second-order valence-corrected chi connectivity index (χ2v) is 7.57. The van der Waals surface area contributed by atoms with Gasteiger partial charge in [0, 0.05) is 10.9 Å². The van der Waals surface area contributed by atoms with Crippen LogP contribution in [-0.4, -0.2) is 16.4 Å². The van der Waals surface area contributed by atoms with E-state index < -0.39 is 5.54 Å². The molecule has 1 N–H and O–H groups in total. The van der Waals surface area contributed by atoms with Crippen LogP contribution in [0, 0.1) is 18.3 Å². The summed E-state index contributed by atoms with van der Waals surface area (Å²) >= 11 is 0. The van der Waals surface area contributed by atoms with Crippen molar-refractivity contribution in [3.63, 3.8) is 0 Å². The van der Waals surface area contributed by atoms with Crippen molar-refractivity contribution in [3.05, 3.63) is 65.7 Å². The Morgan fingerprint density at radius 2 is 1.79 bits per heavy atom. The zero-order valence-corrected chi connectivity index (χ0v) is 16.0. The summed E-state index contributed by atoms with van der Waals surface area (Å²) in [5.74, 6) is -0.110. The molecule has 0 aliphatic heterocycles. The molecule has 1 heterocycles. The number of pyridine rings is 1. The third-order valence-corrected chi connectivity index (χ3v) is 5.71. The van der Waals surface area contributed by atoms with E-state index in [1.165, 1.54) is 0 Å². The van der Waals surface area contributed by atoms with Crippen LogP contribution in [0.3, 0.4) is 0 Å². The molecule has 2 aromatic carbocycles. The van der Waals surface area contributed by atoms with Crippen molar-refractivity contribution in [1.29, 1.82) is 5.26 Å². The molecule has 140 valence electrons. The first-order valence-corrected chi connectivity index (χ1v) is 9.78. The van der Waals surface area contributed by atoms with Gasteiger partial charge in [0.2, 0.25) is 5.91 Å². The van der Waals surface area contributed by atoms with Gasteiger partial charge in [-0.15, -0.1) is 0 Å². The molecule has 0 bridgehead atoms. The van der Waals surface area contributed by atoms with Crippen molar-refractivity contribution in [3.8, 4) is 17.3 Å². The highest BCUT2D eigenvalue weighted by Crippen LogP contribution is 2.32. The summed E-state index contributed by atoms with van der Waals surface area (Å²) in [4.78, 5) is 17.8. The summed E-state index contributed by atoms with van der Waals surface area (Å²) in [5, 5.41) is 13.7. The molecule has 1 saturated carbocycles. The number of carbonyl (C=O) groups is 1. The van der Waals surface area contributed by atoms with Crippen molar-refractivity contribution in [1.82, 2.24) is 10.3 Å². The van der Waals surface area contributed by atoms with Crippen molar-refractivity contribution >= 4 is 16.8 Å². The van der Waals surface area contributed by atoms with Gasteiger partial charge in [-0.2, -0.15) is 5.26 Å². The van der Waals surface area contributed by atoms with E-state index in [2.05, 4.69) is 18.3 Å². The van der Waals surface area contributed by atoms with E-state index in [4.69, 9.17) is 4.98 Å². The first-order chi connectivity index (χ1) is 13.6. The number of nitrogens with one attached hydrogen (secondary N) is 1. The molecule has 4 nitrogen and oxygen atoms in total. The number of hydrogen-bond acceptors (Lipinski definition) is 3. The third-order valence-electron chi connectivity index (χ3n) is 5.71. The van der Waals surface area contributed by atoms with Gasteiger partial charge in [-0.3, -0.25) is 4.79 Å². The fourth-order valence-electron chi connectivity index (χ4n) is 4.18. The Hall–Kier alpha value is -3.19. The minimum atomic E-state index is -0.706. The molecular weight excluding hydrogens is 346 g/mol. The van der Waals surface area contributed by atoms with Gasteiger partial charge in [-0.1, -0.05) is 48.5 Å². The van der Waals surface area contributed by atoms with Gasteiger partial charge in [0.1, 0.15) is 5.54 Å². The molecule has 4 heteroatoms. The smallest absolute Gasteiger partial charge is 0.225 e. The normalized spacial score (nSPS) is 15.3. The zero-order valence-electron chi connectivity index (χ0n) is 16.0. The van der Waals surface area contributed by atoms with Crippen molar-refractivity contribution in [2.75, 3.05) is 0 Å². The Bertz CT molecular complexity index is 1060. The van der Waals surface area contributed by atoms with E-state index in [1.807, 2.05) is 54.6 Å². The molecule has 0 radical (unpaired) electrons. The summed E-state index contributed by atoms with van der Waals surface area (Å²) in [7, 11) is 0. The maximum Gasteiger partial charge on any atom is 0.225 e. The lowest BCUT2D eigenvalue weighted by Gasteiger charge is -2.23. The fourth-order valence-corrected chi connectivity index (χ4v) is 4.18. The summed E-state index contributed by atoms with van der Waals surface area (Å²) < 4.78 is 0. The van der Waals surface area contributed by atoms with Gasteiger partial charge >= 0.3 is 0 Å². The average molecular weight is 369 g/mol. The zero-order chi connectivity index (χ0) is 19.6. The van der Waals surface area contributed by atoms with Crippen LogP contribution < -0.4 is 5.32 Å². The number of hydrogen-bond donors (Lipinski definition) is 1. The maximum absolute atomic E-state index is 12.9. The monoisotopic (exact) mass is 369 g/mol. The topological polar surface area (TPSA) is 65.8 Å². The molecule has 0 unspecified atom stereocenters. The molecular formula is C24H23N3O. The van der Waals surface area contributed by atoms with Gasteiger partial charge in [-0.05, 0) is 49.8 Å². The second-order valence-electron chi connectivity index (χ2n) is 7.57. The van der Waals surface area contributed by atoms with E-state index in [0.717, 1.165) is 59.0 Å². The predicted molar refractivity (Wildman–Crippen MR) is 111 cm³/mol. The van der Waals surface area contributed by atoms with Crippen LogP contribution in [0.25, 0.3) is 22.2 Å². The lowest BCUT2D eigenvalue weighted by atomic mass is 9.94. The van der Waals surface area contributed by atoms with Gasteiger partial charge in [0.25, 0.3) is 0 Å². The minimum absolute atomic E-state index is 0.110. The molecule has 0 saturated heterocycles. The fraction of sp³-hybridized carbons (Fsp3) is 0.292. The summed E-state index contributed by atoms with van der Waals surface area (Å²) in [6.07, 6.45) is 3.65. The van der Waals surface area contributed by atoms with Gasteiger partial charge in [0.05, 0.1) is 23.7 Å². The SMILES string of the molecule is Cc1c(CC(=O)NC2(C#N)CCCC2)c(-c2ccccc2)nc2ccccc12. The van der Waals surface area contributed by atoms with Crippen LogP contribution in [0.1, 0.15) is 36.8 Å². The Labute approximate surface area is 165 Å². The molecule has 4 rings (SSSR count). The van der Waals surface area contributed by atoms with E-state index in [9.17, 15) is 10.1 Å². The molecule has 1 amide bonds. The number of aryl methyl sites for hydroxylation is 1. The molecule has 1 aliphatic carbocycles. The van der Waals surface area contributed by atoms with Crippen LogP contribution in [-0.2, 0) is 11.2 Å². The lowest BCUT2D eigenvalue weighted by molar-refractivity contribution is -0.121. The van der Waals surface area contributed by atoms with Gasteiger partial charge in [0.15, 0.2) is 0 Å². The van der Waals surface area contributed by atoms with Crippen molar-refractivity contribution < 1.29 is 4.79 Å². The van der Waals surface area contributed by atoms with E-state index in [-0.39, 0.29) is 12.3 Å². The largest absolute Gasteiger partial charge is 0.338 e. The lowest BCUT2D eigenvalue weighted by Crippen LogP contribution is -2.45. The minimum Gasteiger partial charge on any atom is -0.338 e.